The molecular weight excluding hydrogens is 228 g/mol. The summed E-state index contributed by atoms with van der Waals surface area (Å²) in [6.07, 6.45) is 2.41. The Labute approximate surface area is 106 Å². The topological polar surface area (TPSA) is 35.9 Å². The van der Waals surface area contributed by atoms with Crippen LogP contribution in [0.1, 0.15) is 24.6 Å². The Balaban J connectivity index is 1.42. The summed E-state index contributed by atoms with van der Waals surface area (Å²) in [5.41, 5.74) is 1.05. The lowest BCUT2D eigenvalue weighted by atomic mass is 9.77. The van der Waals surface area contributed by atoms with E-state index < -0.39 is 0 Å². The number of amides is 2. The molecule has 2 saturated heterocycles. The molecule has 0 bridgehead atoms. The summed E-state index contributed by atoms with van der Waals surface area (Å²) < 4.78 is 0. The van der Waals surface area contributed by atoms with Gasteiger partial charge in [-0.3, -0.25) is 0 Å². The van der Waals surface area contributed by atoms with Crippen LogP contribution in [0.25, 0.3) is 0 Å². The quantitative estimate of drug-likeness (QED) is 0.711. The highest BCUT2D eigenvalue weighted by atomic mass is 16.8. The van der Waals surface area contributed by atoms with Crippen LogP contribution in [0.5, 0.6) is 0 Å². The van der Waals surface area contributed by atoms with E-state index >= 15 is 0 Å². The molecular formula is C14H16N2O2. The Morgan fingerprint density at radius 3 is 2.39 bits per heavy atom. The Bertz CT molecular complexity index is 464. The monoisotopic (exact) mass is 244 g/mol. The van der Waals surface area contributed by atoms with Gasteiger partial charge in [-0.25, -0.2) is 9.63 Å². The predicted molar refractivity (Wildman–Crippen MR) is 65.3 cm³/mol. The number of benzene rings is 1. The van der Waals surface area contributed by atoms with Gasteiger partial charge in [0.05, 0.1) is 0 Å². The molecule has 3 atom stereocenters. The van der Waals surface area contributed by atoms with E-state index in [-0.39, 0.29) is 12.3 Å². The summed E-state index contributed by atoms with van der Waals surface area (Å²) in [5, 5.41) is 1.50. The van der Waals surface area contributed by atoms with Crippen molar-refractivity contribution >= 4 is 6.03 Å². The number of nitrogens with zero attached hydrogens (tertiary/aromatic N) is 2. The van der Waals surface area contributed by atoms with Crippen molar-refractivity contribution in [3.8, 4) is 0 Å². The molecule has 94 valence electrons. The molecule has 3 aliphatic rings. The Hall–Kier alpha value is -1.55. The number of rotatable bonds is 1. The van der Waals surface area contributed by atoms with Crippen LogP contribution in [-0.4, -0.2) is 29.1 Å². The fourth-order valence-corrected chi connectivity index (χ4v) is 3.09. The SMILES string of the molecule is O=C(N1C[C@H]2CC[C@H]2C1)N1OC1c1ccccc1. The predicted octanol–water partition coefficient (Wildman–Crippen LogP) is 2.39. The molecule has 2 heterocycles. The van der Waals surface area contributed by atoms with Gasteiger partial charge in [-0.2, -0.15) is 5.06 Å². The summed E-state index contributed by atoms with van der Waals surface area (Å²) in [6, 6.07) is 9.93. The highest BCUT2D eigenvalue weighted by molar-refractivity contribution is 5.75. The van der Waals surface area contributed by atoms with Gasteiger partial charge in [-0.1, -0.05) is 30.3 Å². The molecule has 3 fully saturated rings. The molecule has 1 aromatic rings. The summed E-state index contributed by atoms with van der Waals surface area (Å²) >= 11 is 0. The molecule has 18 heavy (non-hydrogen) atoms. The van der Waals surface area contributed by atoms with E-state index in [0.29, 0.717) is 0 Å². The van der Waals surface area contributed by atoms with E-state index in [1.54, 1.807) is 0 Å². The zero-order valence-electron chi connectivity index (χ0n) is 10.2. The van der Waals surface area contributed by atoms with Gasteiger partial charge in [-0.05, 0) is 24.7 Å². The van der Waals surface area contributed by atoms with Crippen LogP contribution in [0.3, 0.4) is 0 Å². The fourth-order valence-electron chi connectivity index (χ4n) is 3.09. The Morgan fingerprint density at radius 1 is 1.11 bits per heavy atom. The van der Waals surface area contributed by atoms with Crippen LogP contribution >= 0.6 is 0 Å². The van der Waals surface area contributed by atoms with Gasteiger partial charge in [0, 0.05) is 18.7 Å². The van der Waals surface area contributed by atoms with Gasteiger partial charge in [-0.15, -0.1) is 0 Å². The van der Waals surface area contributed by atoms with Crippen molar-refractivity contribution in [2.24, 2.45) is 11.8 Å². The number of hydrogen-bond acceptors (Lipinski definition) is 2. The average molecular weight is 244 g/mol. The second-order valence-corrected chi connectivity index (χ2v) is 5.48. The van der Waals surface area contributed by atoms with E-state index in [2.05, 4.69) is 0 Å². The van der Waals surface area contributed by atoms with Crippen molar-refractivity contribution in [1.29, 1.82) is 0 Å². The second kappa shape index (κ2) is 3.72. The molecule has 0 aromatic heterocycles. The zero-order valence-corrected chi connectivity index (χ0v) is 10.2. The average Bonchev–Trinajstić information content (AvgIpc) is 3.12. The van der Waals surface area contributed by atoms with Crippen LogP contribution in [0.4, 0.5) is 4.79 Å². The molecule has 4 heteroatoms. The van der Waals surface area contributed by atoms with Crippen LogP contribution in [0.15, 0.2) is 30.3 Å². The third-order valence-electron chi connectivity index (χ3n) is 4.41. The van der Waals surface area contributed by atoms with Crippen molar-refractivity contribution in [1.82, 2.24) is 9.96 Å². The third kappa shape index (κ3) is 1.52. The number of carbonyl (C=O) groups is 1. The van der Waals surface area contributed by atoms with Crippen LogP contribution in [-0.2, 0) is 4.84 Å². The minimum absolute atomic E-state index is 0.0400. The number of likely N-dealkylation sites (tertiary alicyclic amines) is 1. The summed E-state index contributed by atoms with van der Waals surface area (Å²) in [5.74, 6) is 1.51. The molecule has 0 radical (unpaired) electrons. The maximum atomic E-state index is 12.2. The van der Waals surface area contributed by atoms with Crippen LogP contribution < -0.4 is 0 Å². The van der Waals surface area contributed by atoms with Crippen molar-refractivity contribution in [2.75, 3.05) is 13.1 Å². The van der Waals surface area contributed by atoms with Crippen molar-refractivity contribution < 1.29 is 9.63 Å². The lowest BCUT2D eigenvalue weighted by Gasteiger charge is -2.27. The molecule has 2 amide bonds. The van der Waals surface area contributed by atoms with Crippen molar-refractivity contribution in [3.05, 3.63) is 35.9 Å². The lowest BCUT2D eigenvalue weighted by Crippen LogP contribution is -2.32. The third-order valence-corrected chi connectivity index (χ3v) is 4.41. The summed E-state index contributed by atoms with van der Waals surface area (Å²) in [6.45, 7) is 1.84. The van der Waals surface area contributed by atoms with Crippen LogP contribution in [0.2, 0.25) is 0 Å². The molecule has 4 rings (SSSR count). The number of hydroxylamine groups is 2. The van der Waals surface area contributed by atoms with Gasteiger partial charge in [0.15, 0.2) is 0 Å². The molecule has 1 unspecified atom stereocenters. The Kier molecular flexibility index (Phi) is 2.14. The van der Waals surface area contributed by atoms with Crippen molar-refractivity contribution in [3.63, 3.8) is 0 Å². The van der Waals surface area contributed by atoms with Gasteiger partial charge in [0.25, 0.3) is 0 Å². The highest BCUT2D eigenvalue weighted by Crippen LogP contribution is 2.43. The first-order valence-corrected chi connectivity index (χ1v) is 6.63. The molecule has 0 spiro atoms. The first-order chi connectivity index (χ1) is 8.83. The molecule has 4 nitrogen and oxygen atoms in total. The molecule has 1 aromatic carbocycles. The molecule has 1 saturated carbocycles. The minimum atomic E-state index is -0.169. The normalized spacial score (nSPS) is 33.0. The molecule has 0 N–H and O–H groups in total. The minimum Gasteiger partial charge on any atom is -0.322 e. The number of fused-ring (bicyclic) bond motifs is 1. The standard InChI is InChI=1S/C14H16N2O2/c17-14(15-8-11-6-7-12(11)9-15)16-13(18-16)10-4-2-1-3-5-10/h1-5,11-13H,6-9H2/t11-,12+,13?,16?. The number of urea groups is 1. The maximum absolute atomic E-state index is 12.2. The fraction of sp³-hybridized carbons (Fsp3) is 0.500. The first kappa shape index (κ1) is 10.4. The second-order valence-electron chi connectivity index (χ2n) is 5.48. The van der Waals surface area contributed by atoms with Crippen LogP contribution in [0, 0.1) is 11.8 Å². The maximum Gasteiger partial charge on any atom is 0.346 e. The Morgan fingerprint density at radius 2 is 1.78 bits per heavy atom. The van der Waals surface area contributed by atoms with Gasteiger partial charge >= 0.3 is 6.03 Å². The lowest BCUT2D eigenvalue weighted by molar-refractivity contribution is 0.145. The highest BCUT2D eigenvalue weighted by Gasteiger charge is 2.49. The molecule has 1 aliphatic carbocycles. The smallest absolute Gasteiger partial charge is 0.322 e. The summed E-state index contributed by atoms with van der Waals surface area (Å²) in [4.78, 5) is 19.6. The zero-order chi connectivity index (χ0) is 12.1. The van der Waals surface area contributed by atoms with Gasteiger partial charge in [0.1, 0.15) is 0 Å². The van der Waals surface area contributed by atoms with E-state index in [0.717, 1.165) is 30.5 Å². The van der Waals surface area contributed by atoms with E-state index in [4.69, 9.17) is 4.84 Å². The number of carbonyl (C=O) groups excluding carboxylic acids is 1. The van der Waals surface area contributed by atoms with Crippen molar-refractivity contribution in [2.45, 2.75) is 19.1 Å². The molecule has 2 aliphatic heterocycles. The summed E-state index contributed by atoms with van der Waals surface area (Å²) in [7, 11) is 0. The largest absolute Gasteiger partial charge is 0.346 e. The first-order valence-electron chi connectivity index (χ1n) is 6.63. The number of hydrogen-bond donors (Lipinski definition) is 0. The van der Waals surface area contributed by atoms with E-state index in [1.165, 1.54) is 17.9 Å². The van der Waals surface area contributed by atoms with Gasteiger partial charge in [0.2, 0.25) is 6.23 Å². The van der Waals surface area contributed by atoms with E-state index in [1.807, 2.05) is 35.2 Å². The van der Waals surface area contributed by atoms with Gasteiger partial charge < -0.3 is 4.90 Å². The van der Waals surface area contributed by atoms with E-state index in [9.17, 15) is 4.79 Å².